The molecule has 1 aromatic heterocycles. The van der Waals surface area contributed by atoms with Gasteiger partial charge in [0.25, 0.3) is 0 Å². The van der Waals surface area contributed by atoms with Gasteiger partial charge in [-0.05, 0) is 18.4 Å². The summed E-state index contributed by atoms with van der Waals surface area (Å²) in [4.78, 5) is 1.29. The molecule has 0 bridgehead atoms. The summed E-state index contributed by atoms with van der Waals surface area (Å²) in [5.41, 5.74) is 1.20. The first-order chi connectivity index (χ1) is 5.83. The average Bonchev–Trinajstić information content (AvgIpc) is 2.48. The zero-order valence-corrected chi connectivity index (χ0v) is 7.93. The zero-order chi connectivity index (χ0) is 8.55. The second kappa shape index (κ2) is 2.83. The smallest absolute Gasteiger partial charge is 0.0690 e. The maximum atomic E-state index is 4.21. The van der Waals surface area contributed by atoms with E-state index in [9.17, 15) is 0 Å². The number of fused-ring (bicyclic) bond motifs is 1. The largest absolute Gasteiger partial charge is 0.268 e. The predicted molar refractivity (Wildman–Crippen MR) is 52.5 cm³/mol. The number of aromatic nitrogens is 2. The molecule has 0 aliphatic rings. The van der Waals surface area contributed by atoms with Gasteiger partial charge in [0.15, 0.2) is 0 Å². The van der Waals surface area contributed by atoms with Crippen LogP contribution in [0.5, 0.6) is 0 Å². The Balaban J connectivity index is 2.81. The van der Waals surface area contributed by atoms with Crippen LogP contribution < -0.4 is 0 Å². The van der Waals surface area contributed by atoms with Crippen molar-refractivity contribution in [3.63, 3.8) is 0 Å². The highest BCUT2D eigenvalue weighted by Crippen LogP contribution is 2.24. The van der Waals surface area contributed by atoms with Crippen LogP contribution in [-0.2, 0) is 7.05 Å². The Hall–Kier alpha value is -0.960. The van der Waals surface area contributed by atoms with Crippen molar-refractivity contribution in [2.24, 2.45) is 7.05 Å². The summed E-state index contributed by atoms with van der Waals surface area (Å²) in [6, 6.07) is 6.27. The first-order valence-corrected chi connectivity index (χ1v) is 5.00. The molecule has 3 heteroatoms. The topological polar surface area (TPSA) is 17.8 Å². The van der Waals surface area contributed by atoms with Gasteiger partial charge in [0.05, 0.1) is 11.7 Å². The summed E-state index contributed by atoms with van der Waals surface area (Å²) in [6.45, 7) is 0. The van der Waals surface area contributed by atoms with Crippen molar-refractivity contribution < 1.29 is 0 Å². The van der Waals surface area contributed by atoms with Gasteiger partial charge in [0.1, 0.15) is 0 Å². The van der Waals surface area contributed by atoms with Gasteiger partial charge in [-0.3, -0.25) is 4.68 Å². The van der Waals surface area contributed by atoms with Crippen LogP contribution in [-0.4, -0.2) is 16.0 Å². The second-order valence-electron chi connectivity index (χ2n) is 2.66. The number of hydrogen-bond donors (Lipinski definition) is 0. The van der Waals surface area contributed by atoms with Crippen LogP contribution >= 0.6 is 11.8 Å². The third kappa shape index (κ3) is 1.01. The Labute approximate surface area is 75.6 Å². The maximum Gasteiger partial charge on any atom is 0.0690 e. The lowest BCUT2D eigenvalue weighted by Gasteiger charge is -1.97. The van der Waals surface area contributed by atoms with E-state index in [1.54, 1.807) is 11.8 Å². The molecule has 62 valence electrons. The van der Waals surface area contributed by atoms with Crippen molar-refractivity contribution in [3.8, 4) is 0 Å². The molecule has 0 radical (unpaired) electrons. The number of aryl methyl sites for hydroxylation is 1. The van der Waals surface area contributed by atoms with E-state index < -0.39 is 0 Å². The van der Waals surface area contributed by atoms with Crippen molar-refractivity contribution in [1.29, 1.82) is 0 Å². The van der Waals surface area contributed by atoms with E-state index in [1.807, 2.05) is 17.9 Å². The number of rotatable bonds is 1. The lowest BCUT2D eigenvalue weighted by Crippen LogP contribution is -1.87. The quantitative estimate of drug-likeness (QED) is 0.623. The standard InChI is InChI=1S/C9H10N2S/c1-11-8-4-3-5-9(12-2)7(8)6-10-11/h3-6H,1-2H3. The molecule has 0 unspecified atom stereocenters. The fourth-order valence-electron chi connectivity index (χ4n) is 1.33. The Kier molecular flexibility index (Phi) is 1.81. The molecule has 0 amide bonds. The highest BCUT2D eigenvalue weighted by molar-refractivity contribution is 7.98. The summed E-state index contributed by atoms with van der Waals surface area (Å²) in [6.07, 6.45) is 4.00. The van der Waals surface area contributed by atoms with Gasteiger partial charge in [0.2, 0.25) is 0 Å². The molecule has 0 saturated heterocycles. The Morgan fingerprint density at radius 2 is 2.25 bits per heavy atom. The van der Waals surface area contributed by atoms with E-state index in [0.29, 0.717) is 0 Å². The molecular formula is C9H10N2S. The molecule has 0 atom stereocenters. The normalized spacial score (nSPS) is 10.8. The molecule has 0 N–H and O–H groups in total. The van der Waals surface area contributed by atoms with Crippen molar-refractivity contribution in [3.05, 3.63) is 24.4 Å². The first kappa shape index (κ1) is 7.68. The third-order valence-electron chi connectivity index (χ3n) is 1.97. The van der Waals surface area contributed by atoms with E-state index in [2.05, 4.69) is 29.6 Å². The molecule has 0 saturated carbocycles. The van der Waals surface area contributed by atoms with Gasteiger partial charge in [-0.15, -0.1) is 11.8 Å². The van der Waals surface area contributed by atoms with Crippen LogP contribution in [0.3, 0.4) is 0 Å². The van der Waals surface area contributed by atoms with Gasteiger partial charge in [-0.1, -0.05) is 6.07 Å². The number of thioether (sulfide) groups is 1. The summed E-state index contributed by atoms with van der Waals surface area (Å²) < 4.78 is 1.90. The summed E-state index contributed by atoms with van der Waals surface area (Å²) >= 11 is 1.76. The van der Waals surface area contributed by atoms with Crippen LogP contribution in [0.2, 0.25) is 0 Å². The van der Waals surface area contributed by atoms with Gasteiger partial charge in [-0.2, -0.15) is 5.10 Å². The molecule has 0 spiro atoms. The summed E-state index contributed by atoms with van der Waals surface area (Å²) in [5, 5.41) is 5.45. The first-order valence-electron chi connectivity index (χ1n) is 3.77. The zero-order valence-electron chi connectivity index (χ0n) is 7.11. The monoisotopic (exact) mass is 178 g/mol. The van der Waals surface area contributed by atoms with Gasteiger partial charge in [-0.25, -0.2) is 0 Å². The maximum absolute atomic E-state index is 4.21. The molecule has 1 aromatic carbocycles. The SMILES string of the molecule is CSc1cccc2c1cnn2C. The molecule has 2 nitrogen and oxygen atoms in total. The minimum Gasteiger partial charge on any atom is -0.268 e. The molecule has 2 rings (SSSR count). The van der Waals surface area contributed by atoms with Crippen LogP contribution in [0.4, 0.5) is 0 Å². The van der Waals surface area contributed by atoms with E-state index in [0.717, 1.165) is 0 Å². The summed E-state index contributed by atoms with van der Waals surface area (Å²) in [7, 11) is 1.96. The van der Waals surface area contributed by atoms with Gasteiger partial charge >= 0.3 is 0 Å². The van der Waals surface area contributed by atoms with Crippen LogP contribution in [0.15, 0.2) is 29.3 Å². The Morgan fingerprint density at radius 3 is 3.00 bits per heavy atom. The lowest BCUT2D eigenvalue weighted by atomic mass is 10.2. The molecule has 0 aliphatic carbocycles. The van der Waals surface area contributed by atoms with Gasteiger partial charge in [0, 0.05) is 17.3 Å². The Bertz CT molecular complexity index is 406. The van der Waals surface area contributed by atoms with Crippen LogP contribution in [0.25, 0.3) is 10.9 Å². The van der Waals surface area contributed by atoms with E-state index in [1.165, 1.54) is 15.8 Å². The highest BCUT2D eigenvalue weighted by atomic mass is 32.2. The van der Waals surface area contributed by atoms with Crippen molar-refractivity contribution >= 4 is 22.7 Å². The molecule has 1 heterocycles. The highest BCUT2D eigenvalue weighted by Gasteiger charge is 2.02. The van der Waals surface area contributed by atoms with E-state index in [-0.39, 0.29) is 0 Å². The Morgan fingerprint density at radius 1 is 1.42 bits per heavy atom. The molecule has 0 fully saturated rings. The van der Waals surface area contributed by atoms with E-state index in [4.69, 9.17) is 0 Å². The van der Waals surface area contributed by atoms with Crippen molar-refractivity contribution in [2.75, 3.05) is 6.26 Å². The van der Waals surface area contributed by atoms with Crippen LogP contribution in [0, 0.1) is 0 Å². The number of nitrogens with zero attached hydrogens (tertiary/aromatic N) is 2. The number of benzene rings is 1. The van der Waals surface area contributed by atoms with Gasteiger partial charge < -0.3 is 0 Å². The van der Waals surface area contributed by atoms with Crippen LogP contribution in [0.1, 0.15) is 0 Å². The van der Waals surface area contributed by atoms with E-state index >= 15 is 0 Å². The fraction of sp³-hybridized carbons (Fsp3) is 0.222. The van der Waals surface area contributed by atoms with Crippen molar-refractivity contribution in [1.82, 2.24) is 9.78 Å². The minimum atomic E-state index is 1.20. The average molecular weight is 178 g/mol. The van der Waals surface area contributed by atoms with Crippen molar-refractivity contribution in [2.45, 2.75) is 4.90 Å². The molecule has 2 aromatic rings. The summed E-state index contributed by atoms with van der Waals surface area (Å²) in [5.74, 6) is 0. The molecular weight excluding hydrogens is 168 g/mol. The number of hydrogen-bond acceptors (Lipinski definition) is 2. The lowest BCUT2D eigenvalue weighted by molar-refractivity contribution is 0.797. The third-order valence-corrected chi connectivity index (χ3v) is 2.77. The predicted octanol–water partition coefficient (Wildman–Crippen LogP) is 2.30. The second-order valence-corrected chi connectivity index (χ2v) is 3.51. The molecule has 12 heavy (non-hydrogen) atoms. The minimum absolute atomic E-state index is 1.20. The molecule has 0 aliphatic heterocycles. The fourth-order valence-corrected chi connectivity index (χ4v) is 1.92.